The fraction of sp³-hybridized carbons (Fsp3) is 0.933. The molecule has 0 spiro atoms. The first-order valence-corrected chi connectivity index (χ1v) is 7.58. The van der Waals surface area contributed by atoms with Crippen molar-refractivity contribution in [3.8, 4) is 6.07 Å². The fourth-order valence-corrected chi connectivity index (χ4v) is 2.78. The van der Waals surface area contributed by atoms with Crippen molar-refractivity contribution in [1.82, 2.24) is 10.2 Å². The van der Waals surface area contributed by atoms with Crippen LogP contribution in [0.2, 0.25) is 0 Å². The van der Waals surface area contributed by atoms with E-state index in [2.05, 4.69) is 37.1 Å². The van der Waals surface area contributed by atoms with Gasteiger partial charge in [0, 0.05) is 18.6 Å². The minimum atomic E-state index is -0.277. The van der Waals surface area contributed by atoms with Gasteiger partial charge in [0.2, 0.25) is 0 Å². The summed E-state index contributed by atoms with van der Waals surface area (Å²) in [7, 11) is 0. The molecule has 2 aliphatic carbocycles. The molecule has 0 aromatic rings. The zero-order chi connectivity index (χ0) is 13.2. The van der Waals surface area contributed by atoms with Gasteiger partial charge in [-0.25, -0.2) is 0 Å². The summed E-state index contributed by atoms with van der Waals surface area (Å²) in [4.78, 5) is 2.47. The molecule has 0 aromatic carbocycles. The Morgan fingerprint density at radius 1 is 1.33 bits per heavy atom. The molecule has 0 radical (unpaired) electrons. The number of hydrogen-bond acceptors (Lipinski definition) is 3. The van der Waals surface area contributed by atoms with Gasteiger partial charge in [-0.3, -0.25) is 10.2 Å². The van der Waals surface area contributed by atoms with Gasteiger partial charge in [0.1, 0.15) is 5.54 Å². The Bertz CT molecular complexity index is 314. The van der Waals surface area contributed by atoms with Crippen LogP contribution in [0, 0.1) is 17.2 Å². The van der Waals surface area contributed by atoms with Crippen LogP contribution in [-0.4, -0.2) is 35.6 Å². The van der Waals surface area contributed by atoms with Gasteiger partial charge >= 0.3 is 0 Å². The third-order valence-corrected chi connectivity index (χ3v) is 4.59. The molecule has 2 rings (SSSR count). The third kappa shape index (κ3) is 3.05. The maximum absolute atomic E-state index is 9.72. The van der Waals surface area contributed by atoms with Crippen molar-refractivity contribution in [1.29, 1.82) is 5.26 Å². The second-order valence-electron chi connectivity index (χ2n) is 6.10. The SMILES string of the molecule is CCC(C)N(CC)CC(C#N)(NC1CC1)C1CC1. The van der Waals surface area contributed by atoms with Crippen molar-refractivity contribution in [2.75, 3.05) is 13.1 Å². The van der Waals surface area contributed by atoms with Gasteiger partial charge in [-0.15, -0.1) is 0 Å². The molecule has 0 amide bonds. The minimum Gasteiger partial charge on any atom is -0.298 e. The van der Waals surface area contributed by atoms with Gasteiger partial charge in [-0.2, -0.15) is 5.26 Å². The lowest BCUT2D eigenvalue weighted by molar-refractivity contribution is 0.155. The Morgan fingerprint density at radius 3 is 2.39 bits per heavy atom. The minimum absolute atomic E-state index is 0.277. The molecule has 0 bridgehead atoms. The lowest BCUT2D eigenvalue weighted by Crippen LogP contribution is -2.56. The second kappa shape index (κ2) is 5.59. The van der Waals surface area contributed by atoms with E-state index in [4.69, 9.17) is 0 Å². The van der Waals surface area contributed by atoms with Crippen LogP contribution in [0.1, 0.15) is 52.9 Å². The molecule has 18 heavy (non-hydrogen) atoms. The first-order chi connectivity index (χ1) is 8.65. The van der Waals surface area contributed by atoms with E-state index in [1.165, 1.54) is 25.7 Å². The summed E-state index contributed by atoms with van der Waals surface area (Å²) in [6, 6.07) is 3.82. The summed E-state index contributed by atoms with van der Waals surface area (Å²) in [6.07, 6.45) is 6.12. The largest absolute Gasteiger partial charge is 0.298 e. The maximum atomic E-state index is 9.72. The molecule has 0 heterocycles. The molecule has 1 N–H and O–H groups in total. The lowest BCUT2D eigenvalue weighted by atomic mass is 9.93. The molecule has 2 saturated carbocycles. The van der Waals surface area contributed by atoms with E-state index in [0.29, 0.717) is 18.0 Å². The molecule has 3 heteroatoms. The second-order valence-corrected chi connectivity index (χ2v) is 6.10. The Hall–Kier alpha value is -0.590. The van der Waals surface area contributed by atoms with Crippen molar-refractivity contribution < 1.29 is 0 Å². The first kappa shape index (κ1) is 13.8. The van der Waals surface area contributed by atoms with Crippen LogP contribution in [0.4, 0.5) is 0 Å². The molecule has 0 aromatic heterocycles. The van der Waals surface area contributed by atoms with Gasteiger partial charge in [0.25, 0.3) is 0 Å². The standard InChI is InChI=1S/C15H27N3/c1-4-12(3)18(5-2)11-15(10-16,13-6-7-13)17-14-8-9-14/h12-14,17H,4-9,11H2,1-3H3. The number of nitrogens with one attached hydrogen (secondary N) is 1. The Kier molecular flexibility index (Phi) is 4.29. The average molecular weight is 249 g/mol. The number of nitriles is 1. The van der Waals surface area contributed by atoms with Crippen molar-refractivity contribution in [2.45, 2.75) is 70.5 Å². The van der Waals surface area contributed by atoms with Crippen LogP contribution in [-0.2, 0) is 0 Å². The number of likely N-dealkylation sites (N-methyl/N-ethyl adjacent to an activating group) is 1. The molecular weight excluding hydrogens is 222 g/mol. The Labute approximate surface area is 112 Å². The molecule has 2 fully saturated rings. The zero-order valence-electron chi connectivity index (χ0n) is 12.1. The third-order valence-electron chi connectivity index (χ3n) is 4.59. The van der Waals surface area contributed by atoms with E-state index in [1.54, 1.807) is 0 Å². The highest BCUT2D eigenvalue weighted by atomic mass is 15.2. The smallest absolute Gasteiger partial charge is 0.122 e. The van der Waals surface area contributed by atoms with E-state index in [1.807, 2.05) is 0 Å². The van der Waals surface area contributed by atoms with E-state index in [-0.39, 0.29) is 5.54 Å². The first-order valence-electron chi connectivity index (χ1n) is 7.58. The highest BCUT2D eigenvalue weighted by Crippen LogP contribution is 2.42. The van der Waals surface area contributed by atoms with Gasteiger partial charge in [-0.1, -0.05) is 13.8 Å². The summed E-state index contributed by atoms with van der Waals surface area (Å²) in [5, 5.41) is 13.4. The predicted octanol–water partition coefficient (Wildman–Crippen LogP) is 2.53. The highest BCUT2D eigenvalue weighted by molar-refractivity contribution is 5.18. The molecule has 2 atom stereocenters. The predicted molar refractivity (Wildman–Crippen MR) is 74.2 cm³/mol. The summed E-state index contributed by atoms with van der Waals surface area (Å²) in [6.45, 7) is 8.65. The molecule has 0 saturated heterocycles. The molecule has 0 aliphatic heterocycles. The number of rotatable bonds is 8. The molecule has 102 valence electrons. The zero-order valence-corrected chi connectivity index (χ0v) is 12.1. The van der Waals surface area contributed by atoms with Crippen molar-refractivity contribution in [3.05, 3.63) is 0 Å². The lowest BCUT2D eigenvalue weighted by Gasteiger charge is -2.37. The van der Waals surface area contributed by atoms with Crippen LogP contribution in [0.15, 0.2) is 0 Å². The van der Waals surface area contributed by atoms with Crippen LogP contribution in [0.25, 0.3) is 0 Å². The summed E-state index contributed by atoms with van der Waals surface area (Å²) >= 11 is 0. The van der Waals surface area contributed by atoms with Crippen LogP contribution in [0.3, 0.4) is 0 Å². The van der Waals surface area contributed by atoms with Gasteiger partial charge in [-0.05, 0) is 51.5 Å². The van der Waals surface area contributed by atoms with Crippen LogP contribution < -0.4 is 5.32 Å². The molecule has 2 aliphatic rings. The summed E-state index contributed by atoms with van der Waals surface area (Å²) in [5.41, 5.74) is -0.277. The van der Waals surface area contributed by atoms with Crippen molar-refractivity contribution >= 4 is 0 Å². The Morgan fingerprint density at radius 2 is 2.00 bits per heavy atom. The van der Waals surface area contributed by atoms with Gasteiger partial charge < -0.3 is 0 Å². The monoisotopic (exact) mass is 249 g/mol. The molecule has 2 unspecified atom stereocenters. The van der Waals surface area contributed by atoms with E-state index < -0.39 is 0 Å². The van der Waals surface area contributed by atoms with Crippen molar-refractivity contribution in [3.63, 3.8) is 0 Å². The van der Waals surface area contributed by atoms with E-state index >= 15 is 0 Å². The topological polar surface area (TPSA) is 39.1 Å². The maximum Gasteiger partial charge on any atom is 0.122 e. The van der Waals surface area contributed by atoms with Gasteiger partial charge in [0.15, 0.2) is 0 Å². The van der Waals surface area contributed by atoms with E-state index in [9.17, 15) is 5.26 Å². The Balaban J connectivity index is 2.05. The van der Waals surface area contributed by atoms with E-state index in [0.717, 1.165) is 19.5 Å². The normalized spacial score (nSPS) is 24.6. The molecular formula is C15H27N3. The number of nitrogens with zero attached hydrogens (tertiary/aromatic N) is 2. The van der Waals surface area contributed by atoms with Crippen molar-refractivity contribution in [2.24, 2.45) is 5.92 Å². The summed E-state index contributed by atoms with van der Waals surface area (Å²) < 4.78 is 0. The van der Waals surface area contributed by atoms with Gasteiger partial charge in [0.05, 0.1) is 6.07 Å². The quantitative estimate of drug-likeness (QED) is 0.718. The number of hydrogen-bond donors (Lipinski definition) is 1. The highest BCUT2D eigenvalue weighted by Gasteiger charge is 2.49. The summed E-state index contributed by atoms with van der Waals surface area (Å²) in [5.74, 6) is 0.584. The molecule has 3 nitrogen and oxygen atoms in total. The average Bonchev–Trinajstić information content (AvgIpc) is 3.26. The van der Waals surface area contributed by atoms with Crippen LogP contribution in [0.5, 0.6) is 0 Å². The van der Waals surface area contributed by atoms with Crippen LogP contribution >= 0.6 is 0 Å². The fourth-order valence-electron chi connectivity index (χ4n) is 2.78.